The molecule has 0 amide bonds. The minimum absolute atomic E-state index is 0.0423. The highest BCUT2D eigenvalue weighted by molar-refractivity contribution is 9.10. The molecule has 5 nitrogen and oxygen atoms in total. The molecular formula is C16H11BrN2O3S. The molecule has 0 saturated heterocycles. The Labute approximate surface area is 144 Å². The molecule has 0 aliphatic carbocycles. The van der Waals surface area contributed by atoms with Gasteiger partial charge in [-0.3, -0.25) is 9.59 Å². The molecule has 2 aromatic carbocycles. The zero-order chi connectivity index (χ0) is 16.6. The van der Waals surface area contributed by atoms with Crippen molar-refractivity contribution in [2.24, 2.45) is 0 Å². The lowest BCUT2D eigenvalue weighted by Crippen LogP contribution is -2.29. The number of ether oxygens (including phenoxy) is 1. The van der Waals surface area contributed by atoms with E-state index in [0.29, 0.717) is 16.7 Å². The summed E-state index contributed by atoms with van der Waals surface area (Å²) < 4.78 is 6.91. The Morgan fingerprint density at radius 3 is 2.74 bits per heavy atom. The number of benzene rings is 2. The minimum Gasteiger partial charge on any atom is -0.496 e. The third kappa shape index (κ3) is 2.73. The molecule has 0 fully saturated rings. The lowest BCUT2D eigenvalue weighted by Gasteiger charge is -2.10. The van der Waals surface area contributed by atoms with E-state index >= 15 is 0 Å². The lowest BCUT2D eigenvalue weighted by molar-refractivity contribution is 0.0950. The monoisotopic (exact) mass is 390 g/mol. The van der Waals surface area contributed by atoms with Crippen LogP contribution in [0, 0.1) is 4.77 Å². The van der Waals surface area contributed by atoms with Crippen LogP contribution in [0.2, 0.25) is 0 Å². The van der Waals surface area contributed by atoms with Gasteiger partial charge < -0.3 is 9.72 Å². The Hall–Kier alpha value is -2.25. The number of H-pyrrole nitrogens is 1. The SMILES string of the molecule is COc1ccccc1C(=O)n1c(=S)[nH]c2ccc(Br)cc2c1=O. The maximum absolute atomic E-state index is 12.8. The standard InChI is InChI=1S/C16H11BrN2O3S/c1-22-13-5-3-2-4-10(13)14(20)19-15(21)11-8-9(17)6-7-12(11)18-16(19)23/h2-8H,1H3,(H,18,23). The summed E-state index contributed by atoms with van der Waals surface area (Å²) in [7, 11) is 1.47. The summed E-state index contributed by atoms with van der Waals surface area (Å²) in [5, 5.41) is 0.372. The van der Waals surface area contributed by atoms with Crippen LogP contribution < -0.4 is 10.3 Å². The maximum atomic E-state index is 12.8. The normalized spacial score (nSPS) is 10.7. The van der Waals surface area contributed by atoms with Crippen LogP contribution in [-0.4, -0.2) is 22.6 Å². The van der Waals surface area contributed by atoms with E-state index in [-0.39, 0.29) is 10.3 Å². The third-order valence-electron chi connectivity index (χ3n) is 3.40. The summed E-state index contributed by atoms with van der Waals surface area (Å²) in [6, 6.07) is 11.9. The molecule has 3 rings (SSSR count). The number of hydrogen-bond acceptors (Lipinski definition) is 4. The molecule has 7 heteroatoms. The first-order chi connectivity index (χ1) is 11.0. The first-order valence-corrected chi connectivity index (χ1v) is 7.85. The van der Waals surface area contributed by atoms with Crippen molar-refractivity contribution in [1.29, 1.82) is 0 Å². The number of nitrogens with zero attached hydrogens (tertiary/aromatic N) is 1. The van der Waals surface area contributed by atoms with Gasteiger partial charge in [-0.05, 0) is 42.5 Å². The number of aromatic amines is 1. The highest BCUT2D eigenvalue weighted by Crippen LogP contribution is 2.19. The van der Waals surface area contributed by atoms with Crippen LogP contribution in [-0.2, 0) is 0 Å². The van der Waals surface area contributed by atoms with Crippen molar-refractivity contribution in [2.75, 3.05) is 7.11 Å². The minimum atomic E-state index is -0.532. The molecule has 3 aromatic rings. The Bertz CT molecular complexity index is 1040. The van der Waals surface area contributed by atoms with Crippen LogP contribution >= 0.6 is 28.1 Å². The molecular weight excluding hydrogens is 380 g/mol. The van der Waals surface area contributed by atoms with E-state index in [9.17, 15) is 9.59 Å². The molecule has 1 N–H and O–H groups in total. The van der Waals surface area contributed by atoms with E-state index in [4.69, 9.17) is 17.0 Å². The van der Waals surface area contributed by atoms with Gasteiger partial charge in [0.25, 0.3) is 11.5 Å². The van der Waals surface area contributed by atoms with Crippen molar-refractivity contribution < 1.29 is 9.53 Å². The molecule has 0 atom stereocenters. The van der Waals surface area contributed by atoms with E-state index in [1.807, 2.05) is 0 Å². The van der Waals surface area contributed by atoms with Gasteiger partial charge in [-0.2, -0.15) is 0 Å². The highest BCUT2D eigenvalue weighted by atomic mass is 79.9. The Morgan fingerprint density at radius 1 is 1.26 bits per heavy atom. The second-order valence-corrected chi connectivity index (χ2v) is 6.07. The zero-order valence-electron chi connectivity index (χ0n) is 12.0. The Kier molecular flexibility index (Phi) is 4.14. The second-order valence-electron chi connectivity index (χ2n) is 4.77. The van der Waals surface area contributed by atoms with Gasteiger partial charge in [0.2, 0.25) is 0 Å². The summed E-state index contributed by atoms with van der Waals surface area (Å²) in [6.45, 7) is 0. The molecule has 0 aliphatic rings. The summed E-state index contributed by atoms with van der Waals surface area (Å²) in [6.07, 6.45) is 0. The number of nitrogens with one attached hydrogen (secondary N) is 1. The van der Waals surface area contributed by atoms with Crippen molar-refractivity contribution in [3.05, 3.63) is 67.6 Å². The second kappa shape index (κ2) is 6.10. The largest absolute Gasteiger partial charge is 0.496 e. The van der Waals surface area contributed by atoms with E-state index in [0.717, 1.165) is 9.04 Å². The average Bonchev–Trinajstić information content (AvgIpc) is 2.55. The Balaban J connectivity index is 2.30. The van der Waals surface area contributed by atoms with Crippen LogP contribution in [0.3, 0.4) is 0 Å². The van der Waals surface area contributed by atoms with E-state index < -0.39 is 11.5 Å². The molecule has 0 saturated carbocycles. The smallest absolute Gasteiger partial charge is 0.270 e. The van der Waals surface area contributed by atoms with Gasteiger partial charge in [0.15, 0.2) is 4.77 Å². The fraction of sp³-hybridized carbons (Fsp3) is 0.0625. The van der Waals surface area contributed by atoms with Gasteiger partial charge in [0.1, 0.15) is 5.75 Å². The number of aromatic nitrogens is 2. The fourth-order valence-electron chi connectivity index (χ4n) is 2.31. The number of halogens is 1. The summed E-state index contributed by atoms with van der Waals surface area (Å²) in [5.74, 6) is -0.149. The molecule has 0 radical (unpaired) electrons. The molecule has 0 spiro atoms. The highest BCUT2D eigenvalue weighted by Gasteiger charge is 2.18. The zero-order valence-corrected chi connectivity index (χ0v) is 14.4. The van der Waals surface area contributed by atoms with Crippen molar-refractivity contribution in [1.82, 2.24) is 9.55 Å². The van der Waals surface area contributed by atoms with Crippen LogP contribution in [0.25, 0.3) is 10.9 Å². The molecule has 23 heavy (non-hydrogen) atoms. The molecule has 116 valence electrons. The molecule has 1 heterocycles. The number of carbonyl (C=O) groups excluding carboxylic acids is 1. The molecule has 0 aliphatic heterocycles. The van der Waals surface area contributed by atoms with E-state index in [1.165, 1.54) is 7.11 Å². The van der Waals surface area contributed by atoms with Gasteiger partial charge in [-0.15, -0.1) is 0 Å². The van der Waals surface area contributed by atoms with Gasteiger partial charge in [-0.25, -0.2) is 4.57 Å². The lowest BCUT2D eigenvalue weighted by atomic mass is 10.2. The van der Waals surface area contributed by atoms with Gasteiger partial charge in [-0.1, -0.05) is 28.1 Å². The van der Waals surface area contributed by atoms with Gasteiger partial charge in [0, 0.05) is 4.47 Å². The molecule has 0 unspecified atom stereocenters. The van der Waals surface area contributed by atoms with Crippen molar-refractivity contribution >= 4 is 45.0 Å². The number of carbonyl (C=O) groups is 1. The summed E-state index contributed by atoms with van der Waals surface area (Å²) >= 11 is 8.51. The number of fused-ring (bicyclic) bond motifs is 1. The van der Waals surface area contributed by atoms with Crippen LogP contribution in [0.5, 0.6) is 5.75 Å². The molecule has 0 bridgehead atoms. The first-order valence-electron chi connectivity index (χ1n) is 6.65. The Morgan fingerprint density at radius 2 is 2.00 bits per heavy atom. The van der Waals surface area contributed by atoms with Gasteiger partial charge in [0.05, 0.1) is 23.6 Å². The predicted molar refractivity (Wildman–Crippen MR) is 93.8 cm³/mol. The topological polar surface area (TPSA) is 64.1 Å². The number of methoxy groups -OCH3 is 1. The quantitative estimate of drug-likeness (QED) is 0.679. The summed E-state index contributed by atoms with van der Waals surface area (Å²) in [4.78, 5) is 28.4. The maximum Gasteiger partial charge on any atom is 0.270 e. The van der Waals surface area contributed by atoms with E-state index in [1.54, 1.807) is 42.5 Å². The number of para-hydroxylation sites is 1. The number of rotatable bonds is 2. The average molecular weight is 391 g/mol. The predicted octanol–water partition coefficient (Wildman–Crippen LogP) is 3.52. The van der Waals surface area contributed by atoms with Crippen molar-refractivity contribution in [3.63, 3.8) is 0 Å². The molecule has 1 aromatic heterocycles. The third-order valence-corrected chi connectivity index (χ3v) is 4.18. The summed E-state index contributed by atoms with van der Waals surface area (Å²) in [5.41, 5.74) is 0.374. The van der Waals surface area contributed by atoms with Crippen LogP contribution in [0.15, 0.2) is 51.7 Å². The van der Waals surface area contributed by atoms with Gasteiger partial charge >= 0.3 is 0 Å². The van der Waals surface area contributed by atoms with Crippen molar-refractivity contribution in [2.45, 2.75) is 0 Å². The van der Waals surface area contributed by atoms with Crippen LogP contribution in [0.1, 0.15) is 10.4 Å². The van der Waals surface area contributed by atoms with E-state index in [2.05, 4.69) is 20.9 Å². The number of hydrogen-bond donors (Lipinski definition) is 1. The first kappa shape index (κ1) is 15.6. The fourth-order valence-corrected chi connectivity index (χ4v) is 2.95. The van der Waals surface area contributed by atoms with Crippen molar-refractivity contribution in [3.8, 4) is 5.75 Å². The van der Waals surface area contributed by atoms with Crippen LogP contribution in [0.4, 0.5) is 0 Å².